The smallest absolute Gasteiger partial charge is 0.274 e. The molecule has 0 aromatic rings. The molecule has 11 heavy (non-hydrogen) atoms. The summed E-state index contributed by atoms with van der Waals surface area (Å²) in [4.78, 5) is 10.6. The molecule has 0 aliphatic carbocycles. The molecule has 0 N–H and O–H groups in total. The van der Waals surface area contributed by atoms with Crippen molar-refractivity contribution in [3.63, 3.8) is 0 Å². The zero-order chi connectivity index (χ0) is 8.48. The topological polar surface area (TPSA) is 63.7 Å². The van der Waals surface area contributed by atoms with Crippen LogP contribution in [0.25, 0.3) is 0 Å². The van der Waals surface area contributed by atoms with Crippen LogP contribution in [0.3, 0.4) is 0 Å². The maximum absolute atomic E-state index is 10.9. The molecule has 64 valence electrons. The molecule has 1 rings (SSSR count). The number of amides is 1. The van der Waals surface area contributed by atoms with Gasteiger partial charge in [-0.1, -0.05) is 0 Å². The van der Waals surface area contributed by atoms with Gasteiger partial charge in [0.1, 0.15) is 0 Å². The van der Waals surface area contributed by atoms with Crippen molar-refractivity contribution in [1.29, 1.82) is 0 Å². The summed E-state index contributed by atoms with van der Waals surface area (Å²) in [5.74, 6) is -0.390. The van der Waals surface area contributed by atoms with Gasteiger partial charge in [0.15, 0.2) is 0 Å². The number of β-lactam (4-membered cyclic amide) rings is 1. The maximum atomic E-state index is 10.9. The van der Waals surface area contributed by atoms with Gasteiger partial charge in [-0.05, 0) is 6.92 Å². The molecule has 0 aromatic carbocycles. The van der Waals surface area contributed by atoms with Gasteiger partial charge in [0.25, 0.3) is 0 Å². The fraction of sp³-hybridized carbons (Fsp3) is 0.800. The van der Waals surface area contributed by atoms with Crippen LogP contribution in [0, 0.1) is 0 Å². The number of hydrogen-bond donors (Lipinski definition) is 0. The highest BCUT2D eigenvalue weighted by atomic mass is 32.2. The molecule has 1 aliphatic rings. The second-order valence-electron chi connectivity index (χ2n) is 2.08. The van der Waals surface area contributed by atoms with E-state index in [0.29, 0.717) is 6.42 Å². The van der Waals surface area contributed by atoms with E-state index in [2.05, 4.69) is 4.18 Å². The summed E-state index contributed by atoms with van der Waals surface area (Å²) in [6, 6.07) is 0. The van der Waals surface area contributed by atoms with Crippen LogP contribution in [-0.4, -0.2) is 31.8 Å². The summed E-state index contributed by atoms with van der Waals surface area (Å²) in [6.45, 7) is 1.87. The Morgan fingerprint density at radius 2 is 2.27 bits per heavy atom. The Morgan fingerprint density at radius 1 is 1.64 bits per heavy atom. The predicted octanol–water partition coefficient (Wildman–Crippen LogP) is -0.500. The van der Waals surface area contributed by atoms with Gasteiger partial charge in [-0.25, -0.2) is 4.31 Å². The molecular formula is C5H9NO4S. The third-order valence-corrected chi connectivity index (χ3v) is 2.80. The summed E-state index contributed by atoms with van der Waals surface area (Å²) in [5.41, 5.74) is 0. The standard InChI is InChI=1S/C5H9NO4S/c1-2-10-11(8,9)6-4-3-5(6)7/h2-4H2,1H3. The quantitative estimate of drug-likeness (QED) is 0.548. The van der Waals surface area contributed by atoms with Crippen LogP contribution in [0.1, 0.15) is 13.3 Å². The van der Waals surface area contributed by atoms with Crippen molar-refractivity contribution in [2.24, 2.45) is 0 Å². The van der Waals surface area contributed by atoms with E-state index in [0.717, 1.165) is 4.31 Å². The van der Waals surface area contributed by atoms with Crippen LogP contribution >= 0.6 is 0 Å². The fourth-order valence-electron chi connectivity index (χ4n) is 0.743. The summed E-state index contributed by atoms with van der Waals surface area (Å²) < 4.78 is 26.9. The maximum Gasteiger partial charge on any atom is 0.364 e. The minimum atomic E-state index is -3.74. The van der Waals surface area contributed by atoms with Crippen molar-refractivity contribution in [3.8, 4) is 0 Å². The molecule has 1 amide bonds. The summed E-state index contributed by atoms with van der Waals surface area (Å²) in [6.07, 6.45) is 0.298. The van der Waals surface area contributed by atoms with Crippen LogP contribution < -0.4 is 0 Å². The van der Waals surface area contributed by atoms with Gasteiger partial charge in [-0.3, -0.25) is 8.98 Å². The molecule has 0 spiro atoms. The SMILES string of the molecule is CCOS(=O)(=O)N1CCC1=O. The minimum absolute atomic E-state index is 0.0616. The first-order valence-corrected chi connectivity index (χ1v) is 4.64. The highest BCUT2D eigenvalue weighted by Gasteiger charge is 2.35. The Kier molecular flexibility index (Phi) is 2.15. The van der Waals surface area contributed by atoms with Gasteiger partial charge in [0, 0.05) is 13.0 Å². The number of nitrogens with zero attached hydrogens (tertiary/aromatic N) is 1. The van der Waals surface area contributed by atoms with Crippen LogP contribution in [0.2, 0.25) is 0 Å². The second kappa shape index (κ2) is 2.78. The number of hydrogen-bond acceptors (Lipinski definition) is 4. The van der Waals surface area contributed by atoms with E-state index in [1.54, 1.807) is 6.92 Å². The van der Waals surface area contributed by atoms with Crippen LogP contribution in [0.15, 0.2) is 0 Å². The third kappa shape index (κ3) is 1.51. The van der Waals surface area contributed by atoms with E-state index < -0.39 is 16.2 Å². The highest BCUT2D eigenvalue weighted by Crippen LogP contribution is 2.14. The highest BCUT2D eigenvalue weighted by molar-refractivity contribution is 7.85. The Morgan fingerprint density at radius 3 is 2.55 bits per heavy atom. The average Bonchev–Trinajstić information content (AvgIpc) is 1.83. The van der Waals surface area contributed by atoms with E-state index >= 15 is 0 Å². The first-order valence-electron chi connectivity index (χ1n) is 3.28. The number of rotatable bonds is 3. The first kappa shape index (κ1) is 8.48. The molecule has 1 fully saturated rings. The monoisotopic (exact) mass is 179 g/mol. The van der Waals surface area contributed by atoms with Gasteiger partial charge in [-0.2, -0.15) is 8.42 Å². The molecular weight excluding hydrogens is 170 g/mol. The Hall–Kier alpha value is -0.620. The minimum Gasteiger partial charge on any atom is -0.274 e. The molecule has 0 bridgehead atoms. The molecule has 1 heterocycles. The lowest BCUT2D eigenvalue weighted by atomic mass is 10.3. The van der Waals surface area contributed by atoms with Gasteiger partial charge >= 0.3 is 10.3 Å². The van der Waals surface area contributed by atoms with Crippen molar-refractivity contribution in [2.75, 3.05) is 13.2 Å². The summed E-state index contributed by atoms with van der Waals surface area (Å²) >= 11 is 0. The lowest BCUT2D eigenvalue weighted by molar-refractivity contribution is -0.133. The van der Waals surface area contributed by atoms with Crippen LogP contribution in [0.4, 0.5) is 0 Å². The molecule has 6 heteroatoms. The number of carbonyl (C=O) groups excluding carboxylic acids is 1. The summed E-state index contributed by atoms with van der Waals surface area (Å²) in [5, 5.41) is 0. The molecule has 0 unspecified atom stereocenters. The lowest BCUT2D eigenvalue weighted by Crippen LogP contribution is -2.47. The van der Waals surface area contributed by atoms with Gasteiger partial charge in [-0.15, -0.1) is 0 Å². The molecule has 1 aliphatic heterocycles. The molecule has 0 saturated carbocycles. The van der Waals surface area contributed by atoms with E-state index in [4.69, 9.17) is 0 Å². The molecule has 5 nitrogen and oxygen atoms in total. The van der Waals surface area contributed by atoms with Crippen molar-refractivity contribution < 1.29 is 17.4 Å². The van der Waals surface area contributed by atoms with Crippen molar-refractivity contribution in [3.05, 3.63) is 0 Å². The van der Waals surface area contributed by atoms with Crippen molar-refractivity contribution >= 4 is 16.2 Å². The van der Waals surface area contributed by atoms with Crippen molar-refractivity contribution in [2.45, 2.75) is 13.3 Å². The Labute approximate surface area is 65.2 Å². The second-order valence-corrected chi connectivity index (χ2v) is 3.61. The largest absolute Gasteiger partial charge is 0.364 e. The Bertz CT molecular complexity index is 258. The molecule has 0 aromatic heterocycles. The molecule has 1 saturated heterocycles. The third-order valence-electron chi connectivity index (χ3n) is 1.34. The van der Waals surface area contributed by atoms with E-state index in [1.807, 2.05) is 0 Å². The normalized spacial score (nSPS) is 18.3. The molecule has 0 atom stereocenters. The molecule has 0 radical (unpaired) electrons. The van der Waals surface area contributed by atoms with Crippen LogP contribution in [-0.2, 0) is 19.3 Å². The zero-order valence-corrected chi connectivity index (χ0v) is 6.93. The van der Waals surface area contributed by atoms with Gasteiger partial charge < -0.3 is 0 Å². The lowest BCUT2D eigenvalue weighted by Gasteiger charge is -2.28. The number of carbonyl (C=O) groups is 1. The van der Waals surface area contributed by atoms with Crippen molar-refractivity contribution in [1.82, 2.24) is 4.31 Å². The van der Waals surface area contributed by atoms with Gasteiger partial charge in [0.05, 0.1) is 6.61 Å². The van der Waals surface area contributed by atoms with E-state index in [-0.39, 0.29) is 13.2 Å². The summed E-state index contributed by atoms with van der Waals surface area (Å²) in [7, 11) is -3.74. The van der Waals surface area contributed by atoms with Crippen LogP contribution in [0.5, 0.6) is 0 Å². The average molecular weight is 179 g/mol. The van der Waals surface area contributed by atoms with Gasteiger partial charge in [0.2, 0.25) is 5.91 Å². The fourth-order valence-corrected chi connectivity index (χ4v) is 1.82. The zero-order valence-electron chi connectivity index (χ0n) is 6.11. The van der Waals surface area contributed by atoms with E-state index in [9.17, 15) is 13.2 Å². The first-order chi connectivity index (χ1) is 5.08. The van der Waals surface area contributed by atoms with E-state index in [1.165, 1.54) is 0 Å². The Balaban J connectivity index is 2.65. The predicted molar refractivity (Wildman–Crippen MR) is 36.9 cm³/mol.